The molecule has 1 aliphatic heterocycles. The Kier molecular flexibility index (Phi) is 5.38. The van der Waals surface area contributed by atoms with E-state index in [0.29, 0.717) is 30.1 Å². The molecule has 1 saturated heterocycles. The van der Waals surface area contributed by atoms with E-state index >= 15 is 0 Å². The maximum absolute atomic E-state index is 12.0. The standard InChI is InChI=1S/C18H19ClN2O4S/c1-13-3-6-15(7-4-13)25-12-18(22)20-14-5-8-17(16(19)11-14)21-9-2-10-26(21,23)24/h3-8,11H,2,9-10,12H2,1H3,(H,20,22). The molecule has 0 unspecified atom stereocenters. The zero-order valence-corrected chi connectivity index (χ0v) is 15.8. The molecule has 138 valence electrons. The number of rotatable bonds is 5. The van der Waals surface area contributed by atoms with Gasteiger partial charge in [0.2, 0.25) is 10.0 Å². The van der Waals surface area contributed by atoms with E-state index in [-0.39, 0.29) is 23.3 Å². The Morgan fingerprint density at radius 1 is 1.23 bits per heavy atom. The summed E-state index contributed by atoms with van der Waals surface area (Å²) in [7, 11) is -3.30. The molecule has 0 atom stereocenters. The predicted molar refractivity (Wildman–Crippen MR) is 103 cm³/mol. The van der Waals surface area contributed by atoms with Gasteiger partial charge in [-0.05, 0) is 43.7 Å². The lowest BCUT2D eigenvalue weighted by Crippen LogP contribution is -2.25. The highest BCUT2D eigenvalue weighted by molar-refractivity contribution is 7.93. The Bertz CT molecular complexity index is 913. The van der Waals surface area contributed by atoms with Crippen LogP contribution in [0.15, 0.2) is 42.5 Å². The van der Waals surface area contributed by atoms with Crippen molar-refractivity contribution in [3.8, 4) is 5.75 Å². The molecule has 1 fully saturated rings. The molecule has 26 heavy (non-hydrogen) atoms. The number of sulfonamides is 1. The van der Waals surface area contributed by atoms with Crippen LogP contribution < -0.4 is 14.4 Å². The van der Waals surface area contributed by atoms with Crippen molar-refractivity contribution in [1.29, 1.82) is 0 Å². The minimum Gasteiger partial charge on any atom is -0.484 e. The summed E-state index contributed by atoms with van der Waals surface area (Å²) >= 11 is 6.22. The van der Waals surface area contributed by atoms with Crippen LogP contribution in [0.5, 0.6) is 5.75 Å². The molecule has 1 amide bonds. The molecular weight excluding hydrogens is 376 g/mol. The van der Waals surface area contributed by atoms with Gasteiger partial charge in [-0.1, -0.05) is 29.3 Å². The topological polar surface area (TPSA) is 75.7 Å². The second-order valence-corrected chi connectivity index (χ2v) is 8.48. The molecule has 1 N–H and O–H groups in total. The van der Waals surface area contributed by atoms with Crippen LogP contribution >= 0.6 is 11.6 Å². The van der Waals surface area contributed by atoms with Crippen LogP contribution in [0.3, 0.4) is 0 Å². The van der Waals surface area contributed by atoms with Crippen LogP contribution in [0.4, 0.5) is 11.4 Å². The van der Waals surface area contributed by atoms with E-state index in [4.69, 9.17) is 16.3 Å². The number of aryl methyl sites for hydroxylation is 1. The molecule has 0 radical (unpaired) electrons. The average molecular weight is 395 g/mol. The third kappa shape index (κ3) is 4.28. The number of ether oxygens (including phenoxy) is 1. The molecule has 0 saturated carbocycles. The minimum atomic E-state index is -3.30. The van der Waals surface area contributed by atoms with Gasteiger partial charge in [-0.3, -0.25) is 9.10 Å². The molecule has 2 aromatic carbocycles. The second-order valence-electron chi connectivity index (χ2n) is 6.06. The second kappa shape index (κ2) is 7.55. The lowest BCUT2D eigenvalue weighted by Gasteiger charge is -2.19. The summed E-state index contributed by atoms with van der Waals surface area (Å²) in [6, 6.07) is 12.2. The Balaban J connectivity index is 1.62. The number of anilines is 2. The van der Waals surface area contributed by atoms with E-state index in [9.17, 15) is 13.2 Å². The summed E-state index contributed by atoms with van der Waals surface area (Å²) in [5.74, 6) is 0.402. The van der Waals surface area contributed by atoms with Crippen LogP contribution in [0.2, 0.25) is 5.02 Å². The Hall–Kier alpha value is -2.25. The summed E-state index contributed by atoms with van der Waals surface area (Å²) < 4.78 is 30.7. The number of benzene rings is 2. The maximum atomic E-state index is 12.0. The van der Waals surface area contributed by atoms with Crippen LogP contribution in [0, 0.1) is 6.92 Å². The molecule has 1 aliphatic rings. The van der Waals surface area contributed by atoms with E-state index in [1.54, 1.807) is 24.3 Å². The molecule has 3 rings (SSSR count). The number of carbonyl (C=O) groups excluding carboxylic acids is 1. The van der Waals surface area contributed by atoms with E-state index in [1.807, 2.05) is 19.1 Å². The summed E-state index contributed by atoms with van der Waals surface area (Å²) in [5, 5.41) is 2.96. The minimum absolute atomic E-state index is 0.123. The first-order chi connectivity index (χ1) is 12.3. The first kappa shape index (κ1) is 18.5. The van der Waals surface area contributed by atoms with Crippen LogP contribution in [-0.2, 0) is 14.8 Å². The van der Waals surface area contributed by atoms with Crippen molar-refractivity contribution in [3.63, 3.8) is 0 Å². The fourth-order valence-electron chi connectivity index (χ4n) is 2.68. The Labute approximate surface area is 157 Å². The summed E-state index contributed by atoms with van der Waals surface area (Å²) in [6.45, 7) is 2.25. The quantitative estimate of drug-likeness (QED) is 0.844. The van der Waals surface area contributed by atoms with Gasteiger partial charge in [0.15, 0.2) is 6.61 Å². The van der Waals surface area contributed by atoms with Gasteiger partial charge in [0.1, 0.15) is 5.75 Å². The summed E-state index contributed by atoms with van der Waals surface area (Å²) in [5.41, 5.74) is 2.02. The smallest absolute Gasteiger partial charge is 0.262 e. The van der Waals surface area contributed by atoms with E-state index in [2.05, 4.69) is 5.32 Å². The largest absolute Gasteiger partial charge is 0.484 e. The van der Waals surface area contributed by atoms with Crippen molar-refractivity contribution in [2.75, 3.05) is 28.5 Å². The SMILES string of the molecule is Cc1ccc(OCC(=O)Nc2ccc(N3CCCS3(=O)=O)c(Cl)c2)cc1. The molecule has 8 heteroatoms. The van der Waals surface area contributed by atoms with Crippen molar-refractivity contribution in [1.82, 2.24) is 0 Å². The zero-order valence-electron chi connectivity index (χ0n) is 14.2. The van der Waals surface area contributed by atoms with Gasteiger partial charge in [-0.25, -0.2) is 8.42 Å². The monoisotopic (exact) mass is 394 g/mol. The fraction of sp³-hybridized carbons (Fsp3) is 0.278. The van der Waals surface area contributed by atoms with Gasteiger partial charge >= 0.3 is 0 Å². The molecule has 0 aromatic heterocycles. The molecule has 2 aromatic rings. The molecule has 6 nitrogen and oxygen atoms in total. The molecule has 0 aliphatic carbocycles. The number of hydrogen-bond acceptors (Lipinski definition) is 4. The first-order valence-electron chi connectivity index (χ1n) is 8.14. The number of halogens is 1. The third-order valence-electron chi connectivity index (χ3n) is 3.99. The number of nitrogens with zero attached hydrogens (tertiary/aromatic N) is 1. The third-order valence-corrected chi connectivity index (χ3v) is 6.15. The van der Waals surface area contributed by atoms with E-state index < -0.39 is 10.0 Å². The van der Waals surface area contributed by atoms with Crippen LogP contribution in [-0.4, -0.2) is 33.2 Å². The Morgan fingerprint density at radius 3 is 2.58 bits per heavy atom. The molecule has 0 spiro atoms. The lowest BCUT2D eigenvalue weighted by molar-refractivity contribution is -0.118. The number of nitrogens with one attached hydrogen (secondary N) is 1. The number of carbonyl (C=O) groups is 1. The van der Waals surface area contributed by atoms with Crippen molar-refractivity contribution >= 4 is 38.9 Å². The summed E-state index contributed by atoms with van der Waals surface area (Å²) in [4.78, 5) is 12.0. The number of hydrogen-bond donors (Lipinski definition) is 1. The highest BCUT2D eigenvalue weighted by Crippen LogP contribution is 2.33. The first-order valence-corrected chi connectivity index (χ1v) is 10.1. The van der Waals surface area contributed by atoms with Gasteiger partial charge < -0.3 is 10.1 Å². The van der Waals surface area contributed by atoms with E-state index in [0.717, 1.165) is 5.56 Å². The van der Waals surface area contributed by atoms with E-state index in [1.165, 1.54) is 10.4 Å². The van der Waals surface area contributed by atoms with Crippen LogP contribution in [0.1, 0.15) is 12.0 Å². The zero-order chi connectivity index (χ0) is 18.7. The van der Waals surface area contributed by atoms with Crippen molar-refractivity contribution < 1.29 is 17.9 Å². The highest BCUT2D eigenvalue weighted by Gasteiger charge is 2.29. The predicted octanol–water partition coefficient (Wildman–Crippen LogP) is 3.21. The van der Waals surface area contributed by atoms with Gasteiger partial charge in [-0.2, -0.15) is 0 Å². The van der Waals surface area contributed by atoms with Gasteiger partial charge in [0.05, 0.1) is 16.5 Å². The summed E-state index contributed by atoms with van der Waals surface area (Å²) in [6.07, 6.45) is 0.577. The number of amides is 1. The molecular formula is C18H19ClN2O4S. The highest BCUT2D eigenvalue weighted by atomic mass is 35.5. The van der Waals surface area contributed by atoms with Crippen LogP contribution in [0.25, 0.3) is 0 Å². The van der Waals surface area contributed by atoms with Gasteiger partial charge in [0, 0.05) is 12.2 Å². The molecule has 1 heterocycles. The fourth-order valence-corrected chi connectivity index (χ4v) is 4.59. The van der Waals surface area contributed by atoms with Gasteiger partial charge in [0.25, 0.3) is 5.91 Å². The normalized spacial score (nSPS) is 15.7. The van der Waals surface area contributed by atoms with Gasteiger partial charge in [-0.15, -0.1) is 0 Å². The van der Waals surface area contributed by atoms with Crippen molar-refractivity contribution in [2.24, 2.45) is 0 Å². The Morgan fingerprint density at radius 2 is 1.96 bits per heavy atom. The molecule has 0 bridgehead atoms. The van der Waals surface area contributed by atoms with Crippen molar-refractivity contribution in [3.05, 3.63) is 53.1 Å². The average Bonchev–Trinajstić information content (AvgIpc) is 2.94. The lowest BCUT2D eigenvalue weighted by atomic mass is 10.2. The maximum Gasteiger partial charge on any atom is 0.262 e. The van der Waals surface area contributed by atoms with Crippen molar-refractivity contribution in [2.45, 2.75) is 13.3 Å².